The van der Waals surface area contributed by atoms with Gasteiger partial charge < -0.3 is 10.5 Å². The number of nitrogens with two attached hydrogens (primary N) is 1. The van der Waals surface area contributed by atoms with Crippen LogP contribution in [0.2, 0.25) is 0 Å². The summed E-state index contributed by atoms with van der Waals surface area (Å²) >= 11 is 0. The highest BCUT2D eigenvalue weighted by molar-refractivity contribution is 5.90. The van der Waals surface area contributed by atoms with E-state index in [1.807, 2.05) is 6.92 Å². The molecule has 3 nitrogen and oxygen atoms in total. The van der Waals surface area contributed by atoms with Crippen molar-refractivity contribution >= 4 is 5.97 Å². The molecule has 0 fully saturated rings. The van der Waals surface area contributed by atoms with Gasteiger partial charge in [0.05, 0.1) is 12.7 Å². The van der Waals surface area contributed by atoms with Crippen LogP contribution in [0.3, 0.4) is 0 Å². The van der Waals surface area contributed by atoms with Crippen LogP contribution in [-0.2, 0) is 9.53 Å². The number of rotatable bonds is 4. The zero-order chi connectivity index (χ0) is 9.56. The van der Waals surface area contributed by atoms with Crippen molar-refractivity contribution in [3.63, 3.8) is 0 Å². The van der Waals surface area contributed by atoms with E-state index in [-0.39, 0.29) is 0 Å². The van der Waals surface area contributed by atoms with Crippen molar-refractivity contribution in [1.82, 2.24) is 0 Å². The van der Waals surface area contributed by atoms with Crippen molar-refractivity contribution in [1.29, 1.82) is 0 Å². The van der Waals surface area contributed by atoms with Gasteiger partial charge in [0.25, 0.3) is 0 Å². The van der Waals surface area contributed by atoms with Crippen molar-refractivity contribution < 1.29 is 9.53 Å². The lowest BCUT2D eigenvalue weighted by Crippen LogP contribution is -2.06. The topological polar surface area (TPSA) is 52.3 Å². The summed E-state index contributed by atoms with van der Waals surface area (Å²) < 4.78 is 4.48. The van der Waals surface area contributed by atoms with Gasteiger partial charge in [0.2, 0.25) is 0 Å². The van der Waals surface area contributed by atoms with Crippen LogP contribution in [0.5, 0.6) is 0 Å². The van der Waals surface area contributed by atoms with Crippen LogP contribution in [0.1, 0.15) is 13.3 Å². The van der Waals surface area contributed by atoms with Crippen LogP contribution in [0, 0.1) is 0 Å². The minimum Gasteiger partial charge on any atom is -0.465 e. The van der Waals surface area contributed by atoms with Crippen molar-refractivity contribution in [2.24, 2.45) is 5.73 Å². The van der Waals surface area contributed by atoms with E-state index in [0.717, 1.165) is 12.0 Å². The molecule has 12 heavy (non-hydrogen) atoms. The van der Waals surface area contributed by atoms with Gasteiger partial charge in [-0.25, -0.2) is 4.79 Å². The normalized spacial score (nSPS) is 11.1. The number of carbonyl (C=O) groups is 1. The SMILES string of the molecule is C=C(/C=C(/CC)CN)C(=O)OC. The third-order valence-corrected chi connectivity index (χ3v) is 1.54. The molecule has 0 aliphatic carbocycles. The molecule has 0 aromatic rings. The average Bonchev–Trinajstić information content (AvgIpc) is 2.12. The van der Waals surface area contributed by atoms with E-state index >= 15 is 0 Å². The Morgan fingerprint density at radius 3 is 2.58 bits per heavy atom. The maximum atomic E-state index is 10.9. The molecule has 0 aliphatic rings. The highest BCUT2D eigenvalue weighted by Crippen LogP contribution is 2.04. The number of ether oxygens (including phenoxy) is 1. The van der Waals surface area contributed by atoms with Gasteiger partial charge in [0.1, 0.15) is 0 Å². The number of methoxy groups -OCH3 is 1. The molecule has 0 bridgehead atoms. The molecule has 0 unspecified atom stereocenters. The van der Waals surface area contributed by atoms with Crippen LogP contribution in [0.4, 0.5) is 0 Å². The molecule has 0 spiro atoms. The number of carbonyl (C=O) groups excluding carboxylic acids is 1. The van der Waals surface area contributed by atoms with E-state index in [9.17, 15) is 4.79 Å². The molecular weight excluding hydrogens is 154 g/mol. The number of hydrogen-bond donors (Lipinski definition) is 1. The van der Waals surface area contributed by atoms with Gasteiger partial charge in [-0.1, -0.05) is 19.1 Å². The second-order valence-corrected chi connectivity index (χ2v) is 2.38. The zero-order valence-corrected chi connectivity index (χ0v) is 7.59. The second kappa shape index (κ2) is 5.55. The first-order valence-corrected chi connectivity index (χ1v) is 3.82. The predicted octanol–water partition coefficient (Wildman–Crippen LogP) is 1.01. The van der Waals surface area contributed by atoms with Crippen molar-refractivity contribution in [2.75, 3.05) is 13.7 Å². The van der Waals surface area contributed by atoms with Crippen LogP contribution in [0.15, 0.2) is 23.8 Å². The number of hydrogen-bond acceptors (Lipinski definition) is 3. The Hall–Kier alpha value is -1.09. The molecule has 0 radical (unpaired) electrons. The molecule has 0 atom stereocenters. The summed E-state index contributed by atoms with van der Waals surface area (Å²) in [4.78, 5) is 10.9. The summed E-state index contributed by atoms with van der Waals surface area (Å²) in [7, 11) is 1.33. The van der Waals surface area contributed by atoms with E-state index in [0.29, 0.717) is 12.1 Å². The van der Waals surface area contributed by atoms with E-state index in [1.165, 1.54) is 7.11 Å². The monoisotopic (exact) mass is 169 g/mol. The minimum absolute atomic E-state index is 0.347. The summed E-state index contributed by atoms with van der Waals surface area (Å²) in [6.45, 7) is 5.98. The predicted molar refractivity (Wildman–Crippen MR) is 48.6 cm³/mol. The summed E-state index contributed by atoms with van der Waals surface area (Å²) in [5.41, 5.74) is 6.75. The van der Waals surface area contributed by atoms with Crippen LogP contribution < -0.4 is 5.73 Å². The maximum absolute atomic E-state index is 10.9. The van der Waals surface area contributed by atoms with E-state index in [2.05, 4.69) is 11.3 Å². The molecule has 0 aromatic heterocycles. The van der Waals surface area contributed by atoms with Crippen LogP contribution in [0.25, 0.3) is 0 Å². The Morgan fingerprint density at radius 2 is 2.25 bits per heavy atom. The Kier molecular flexibility index (Phi) is 5.04. The van der Waals surface area contributed by atoms with E-state index < -0.39 is 5.97 Å². The molecule has 68 valence electrons. The fourth-order valence-electron chi connectivity index (χ4n) is 0.742. The fourth-order valence-corrected chi connectivity index (χ4v) is 0.742. The van der Waals surface area contributed by atoms with Gasteiger partial charge in [-0.2, -0.15) is 0 Å². The highest BCUT2D eigenvalue weighted by atomic mass is 16.5. The van der Waals surface area contributed by atoms with Crippen molar-refractivity contribution in [3.05, 3.63) is 23.8 Å². The molecule has 0 rings (SSSR count). The minimum atomic E-state index is -0.408. The molecule has 0 amide bonds. The molecule has 2 N–H and O–H groups in total. The van der Waals surface area contributed by atoms with Gasteiger partial charge in [-0.15, -0.1) is 0 Å². The number of esters is 1. The summed E-state index contributed by atoms with van der Waals surface area (Å²) in [6.07, 6.45) is 2.50. The lowest BCUT2D eigenvalue weighted by molar-refractivity contribution is -0.135. The zero-order valence-electron chi connectivity index (χ0n) is 7.59. The Labute approximate surface area is 72.9 Å². The first-order chi connectivity index (χ1) is 5.65. The highest BCUT2D eigenvalue weighted by Gasteiger charge is 2.03. The molecule has 0 aromatic carbocycles. The molecule has 0 saturated carbocycles. The first kappa shape index (κ1) is 10.9. The Morgan fingerprint density at radius 1 is 1.67 bits per heavy atom. The van der Waals surface area contributed by atoms with Gasteiger partial charge in [0, 0.05) is 6.54 Å². The fraction of sp³-hybridized carbons (Fsp3) is 0.444. The van der Waals surface area contributed by atoms with Gasteiger partial charge >= 0.3 is 5.97 Å². The van der Waals surface area contributed by atoms with Crippen molar-refractivity contribution in [3.8, 4) is 0 Å². The lowest BCUT2D eigenvalue weighted by Gasteiger charge is -2.01. The van der Waals surface area contributed by atoms with Crippen molar-refractivity contribution in [2.45, 2.75) is 13.3 Å². The lowest BCUT2D eigenvalue weighted by atomic mass is 10.1. The van der Waals surface area contributed by atoms with Crippen LogP contribution >= 0.6 is 0 Å². The second-order valence-electron chi connectivity index (χ2n) is 2.38. The standard InChI is InChI=1S/C9H15NO2/c1-4-8(6-10)5-7(2)9(11)12-3/h5H,2,4,6,10H2,1,3H3/b8-5-. The smallest absolute Gasteiger partial charge is 0.337 e. The van der Waals surface area contributed by atoms with Gasteiger partial charge in [-0.05, 0) is 12.5 Å². The Bertz CT molecular complexity index is 201. The molecule has 3 heteroatoms. The molecule has 0 heterocycles. The van der Waals surface area contributed by atoms with Crippen LogP contribution in [-0.4, -0.2) is 19.6 Å². The average molecular weight is 169 g/mol. The Balaban J connectivity index is 4.30. The molecule has 0 saturated heterocycles. The van der Waals surface area contributed by atoms with Gasteiger partial charge in [-0.3, -0.25) is 0 Å². The summed E-state index contributed by atoms with van der Waals surface area (Å²) in [5.74, 6) is -0.408. The summed E-state index contributed by atoms with van der Waals surface area (Å²) in [5, 5.41) is 0. The third kappa shape index (κ3) is 3.34. The maximum Gasteiger partial charge on any atom is 0.337 e. The first-order valence-electron chi connectivity index (χ1n) is 3.82. The quantitative estimate of drug-likeness (QED) is 0.388. The van der Waals surface area contributed by atoms with Gasteiger partial charge in [0.15, 0.2) is 0 Å². The largest absolute Gasteiger partial charge is 0.465 e. The van der Waals surface area contributed by atoms with E-state index in [4.69, 9.17) is 5.73 Å². The molecular formula is C9H15NO2. The third-order valence-electron chi connectivity index (χ3n) is 1.54. The summed E-state index contributed by atoms with van der Waals surface area (Å²) in [6, 6.07) is 0. The van der Waals surface area contributed by atoms with E-state index in [1.54, 1.807) is 6.08 Å². The molecule has 0 aliphatic heterocycles.